The Labute approximate surface area is 126 Å². The van der Waals surface area contributed by atoms with Crippen molar-refractivity contribution in [3.63, 3.8) is 0 Å². The van der Waals surface area contributed by atoms with Gasteiger partial charge in [-0.1, -0.05) is 30.3 Å². The number of aromatic amines is 1. The number of carbonyl (C=O) groups is 1. The zero-order chi connectivity index (χ0) is 15.1. The van der Waals surface area contributed by atoms with Gasteiger partial charge in [-0.05, 0) is 29.7 Å². The molecule has 0 bridgehead atoms. The average molecular weight is 291 g/mol. The van der Waals surface area contributed by atoms with Crippen molar-refractivity contribution >= 4 is 22.5 Å². The SMILES string of the molecule is O=C1N[C@@H](c2cc3ccccc3[nH]c2=O)Nc2ccccc21. The molecule has 1 aliphatic heterocycles. The standard InChI is InChI=1S/C17H13N3O2/c21-16-11-6-2-4-8-14(11)18-15(20-16)12-9-10-5-1-3-7-13(10)19-17(12)22/h1-9,15,18H,(H,19,22)(H,20,21)/t15-/m0/s1. The molecule has 0 fully saturated rings. The lowest BCUT2D eigenvalue weighted by Crippen LogP contribution is -2.40. The van der Waals surface area contributed by atoms with E-state index in [-0.39, 0.29) is 11.5 Å². The first-order valence-corrected chi connectivity index (χ1v) is 7.01. The molecule has 4 rings (SSSR count). The molecule has 0 spiro atoms. The third-order valence-corrected chi connectivity index (χ3v) is 3.84. The molecule has 2 aromatic carbocycles. The van der Waals surface area contributed by atoms with Crippen LogP contribution in [0.15, 0.2) is 59.4 Å². The number of fused-ring (bicyclic) bond motifs is 2. The monoisotopic (exact) mass is 291 g/mol. The van der Waals surface area contributed by atoms with Crippen LogP contribution in [0.25, 0.3) is 10.9 Å². The summed E-state index contributed by atoms with van der Waals surface area (Å²) in [5.41, 5.74) is 2.36. The Kier molecular flexibility index (Phi) is 2.72. The van der Waals surface area contributed by atoms with Gasteiger partial charge in [-0.15, -0.1) is 0 Å². The highest BCUT2D eigenvalue weighted by atomic mass is 16.2. The van der Waals surface area contributed by atoms with E-state index in [4.69, 9.17) is 0 Å². The smallest absolute Gasteiger partial charge is 0.255 e. The highest BCUT2D eigenvalue weighted by molar-refractivity contribution is 6.01. The van der Waals surface area contributed by atoms with E-state index in [1.54, 1.807) is 12.1 Å². The van der Waals surface area contributed by atoms with Crippen molar-refractivity contribution < 1.29 is 4.79 Å². The van der Waals surface area contributed by atoms with Gasteiger partial charge in [0.05, 0.1) is 11.1 Å². The summed E-state index contributed by atoms with van der Waals surface area (Å²) in [7, 11) is 0. The van der Waals surface area contributed by atoms with Crippen molar-refractivity contribution in [3.8, 4) is 0 Å². The lowest BCUT2D eigenvalue weighted by Gasteiger charge is -2.27. The third-order valence-electron chi connectivity index (χ3n) is 3.84. The fourth-order valence-corrected chi connectivity index (χ4v) is 2.74. The van der Waals surface area contributed by atoms with Crippen LogP contribution in [-0.2, 0) is 0 Å². The summed E-state index contributed by atoms with van der Waals surface area (Å²) in [5.74, 6) is -0.188. The number of rotatable bonds is 1. The van der Waals surface area contributed by atoms with Crippen LogP contribution in [0.3, 0.4) is 0 Å². The molecule has 0 unspecified atom stereocenters. The van der Waals surface area contributed by atoms with E-state index in [0.29, 0.717) is 11.1 Å². The Hall–Kier alpha value is -3.08. The summed E-state index contributed by atoms with van der Waals surface area (Å²) in [6.07, 6.45) is -0.546. The first-order valence-electron chi connectivity index (χ1n) is 7.01. The van der Waals surface area contributed by atoms with Crippen LogP contribution in [0.5, 0.6) is 0 Å². The van der Waals surface area contributed by atoms with Gasteiger partial charge in [-0.25, -0.2) is 0 Å². The van der Waals surface area contributed by atoms with Crippen LogP contribution in [0, 0.1) is 0 Å². The minimum Gasteiger partial charge on any atom is -0.361 e. The molecular formula is C17H13N3O2. The predicted octanol–water partition coefficient (Wildman–Crippen LogP) is 2.38. The number of H-pyrrole nitrogens is 1. The second kappa shape index (κ2) is 4.73. The van der Waals surface area contributed by atoms with Gasteiger partial charge in [0.15, 0.2) is 0 Å². The minimum absolute atomic E-state index is 0.188. The lowest BCUT2D eigenvalue weighted by atomic mass is 10.1. The quantitative estimate of drug-likeness (QED) is 0.644. The molecule has 1 aliphatic rings. The molecule has 1 aromatic heterocycles. The fraction of sp³-hybridized carbons (Fsp3) is 0.0588. The van der Waals surface area contributed by atoms with Gasteiger partial charge in [0.25, 0.3) is 11.5 Å². The van der Waals surface area contributed by atoms with Crippen molar-refractivity contribution in [2.24, 2.45) is 0 Å². The van der Waals surface area contributed by atoms with Gasteiger partial charge < -0.3 is 15.6 Å². The fourth-order valence-electron chi connectivity index (χ4n) is 2.74. The minimum atomic E-state index is -0.546. The number of benzene rings is 2. The van der Waals surface area contributed by atoms with E-state index in [0.717, 1.165) is 16.6 Å². The Balaban J connectivity index is 1.82. The summed E-state index contributed by atoms with van der Waals surface area (Å²) in [6, 6.07) is 16.6. The van der Waals surface area contributed by atoms with Crippen LogP contribution in [0.1, 0.15) is 22.1 Å². The number of hydrogen-bond donors (Lipinski definition) is 3. The lowest BCUT2D eigenvalue weighted by molar-refractivity contribution is 0.0935. The largest absolute Gasteiger partial charge is 0.361 e. The van der Waals surface area contributed by atoms with E-state index in [1.807, 2.05) is 42.5 Å². The van der Waals surface area contributed by atoms with E-state index < -0.39 is 6.17 Å². The Morgan fingerprint density at radius 2 is 1.64 bits per heavy atom. The number of aromatic nitrogens is 1. The molecule has 1 atom stereocenters. The Morgan fingerprint density at radius 3 is 2.55 bits per heavy atom. The summed E-state index contributed by atoms with van der Waals surface area (Å²) >= 11 is 0. The van der Waals surface area contributed by atoms with E-state index in [2.05, 4.69) is 15.6 Å². The first-order chi connectivity index (χ1) is 10.7. The summed E-state index contributed by atoms with van der Waals surface area (Å²) in [6.45, 7) is 0. The van der Waals surface area contributed by atoms with E-state index >= 15 is 0 Å². The number of pyridine rings is 1. The molecule has 0 saturated heterocycles. The average Bonchev–Trinajstić information content (AvgIpc) is 2.54. The number of para-hydroxylation sites is 2. The molecule has 2 heterocycles. The van der Waals surface area contributed by atoms with Gasteiger partial charge in [0.1, 0.15) is 6.17 Å². The maximum Gasteiger partial charge on any atom is 0.255 e. The first kappa shape index (κ1) is 12.6. The van der Waals surface area contributed by atoms with Gasteiger partial charge in [0, 0.05) is 11.2 Å². The van der Waals surface area contributed by atoms with Crippen molar-refractivity contribution in [3.05, 3.63) is 76.1 Å². The van der Waals surface area contributed by atoms with Crippen molar-refractivity contribution in [1.82, 2.24) is 10.3 Å². The van der Waals surface area contributed by atoms with E-state index in [9.17, 15) is 9.59 Å². The predicted molar refractivity (Wildman–Crippen MR) is 84.8 cm³/mol. The molecule has 5 nitrogen and oxygen atoms in total. The number of nitrogens with one attached hydrogen (secondary N) is 3. The summed E-state index contributed by atoms with van der Waals surface area (Å²) in [5, 5.41) is 6.94. The zero-order valence-electron chi connectivity index (χ0n) is 11.6. The highest BCUT2D eigenvalue weighted by Crippen LogP contribution is 2.25. The molecule has 0 aliphatic carbocycles. The number of amides is 1. The van der Waals surface area contributed by atoms with Crippen molar-refractivity contribution in [2.45, 2.75) is 6.17 Å². The van der Waals surface area contributed by atoms with Crippen molar-refractivity contribution in [1.29, 1.82) is 0 Å². The Morgan fingerprint density at radius 1 is 0.864 bits per heavy atom. The number of hydrogen-bond acceptors (Lipinski definition) is 3. The highest BCUT2D eigenvalue weighted by Gasteiger charge is 2.26. The summed E-state index contributed by atoms with van der Waals surface area (Å²) in [4.78, 5) is 27.3. The van der Waals surface area contributed by atoms with Crippen LogP contribution < -0.4 is 16.2 Å². The number of anilines is 1. The number of carbonyl (C=O) groups excluding carboxylic acids is 1. The molecule has 0 saturated carbocycles. The maximum atomic E-state index is 12.3. The zero-order valence-corrected chi connectivity index (χ0v) is 11.6. The molecule has 3 aromatic rings. The van der Waals surface area contributed by atoms with Crippen LogP contribution in [0.2, 0.25) is 0 Å². The molecule has 0 radical (unpaired) electrons. The normalized spacial score (nSPS) is 16.7. The summed E-state index contributed by atoms with van der Waals surface area (Å²) < 4.78 is 0. The van der Waals surface area contributed by atoms with Crippen LogP contribution in [0.4, 0.5) is 5.69 Å². The Bertz CT molecular complexity index is 946. The third kappa shape index (κ3) is 1.95. The molecule has 3 N–H and O–H groups in total. The van der Waals surface area contributed by atoms with Crippen LogP contribution in [-0.4, -0.2) is 10.9 Å². The second-order valence-corrected chi connectivity index (χ2v) is 5.24. The van der Waals surface area contributed by atoms with Gasteiger partial charge in [-0.2, -0.15) is 0 Å². The van der Waals surface area contributed by atoms with Crippen molar-refractivity contribution in [2.75, 3.05) is 5.32 Å². The topological polar surface area (TPSA) is 74.0 Å². The molecule has 1 amide bonds. The van der Waals surface area contributed by atoms with Gasteiger partial charge in [-0.3, -0.25) is 9.59 Å². The van der Waals surface area contributed by atoms with Gasteiger partial charge >= 0.3 is 0 Å². The molecule has 108 valence electrons. The van der Waals surface area contributed by atoms with Gasteiger partial charge in [0.2, 0.25) is 0 Å². The molecule has 22 heavy (non-hydrogen) atoms. The van der Waals surface area contributed by atoms with Crippen LogP contribution >= 0.6 is 0 Å². The maximum absolute atomic E-state index is 12.3. The van der Waals surface area contributed by atoms with E-state index in [1.165, 1.54) is 0 Å². The molecular weight excluding hydrogens is 278 g/mol. The molecule has 5 heteroatoms. The second-order valence-electron chi connectivity index (χ2n) is 5.24.